The summed E-state index contributed by atoms with van der Waals surface area (Å²) in [6.45, 7) is 1.88. The van der Waals surface area contributed by atoms with Gasteiger partial charge >= 0.3 is 5.69 Å². The molecule has 0 saturated heterocycles. The molecule has 0 aliphatic carbocycles. The molecule has 0 saturated carbocycles. The Morgan fingerprint density at radius 2 is 1.58 bits per heavy atom. The SMILES string of the molecule is CCC(=O)Cc1ccc(-c2sc3c(c2CN(C)Cc2ccccn2)c(=O)n(CCC(=O)N(C)C)c(=O)n3Cc2c(F)cccc2F)cc1. The number of fused-ring (bicyclic) bond motifs is 1. The van der Waals surface area contributed by atoms with E-state index in [2.05, 4.69) is 4.98 Å². The summed E-state index contributed by atoms with van der Waals surface area (Å²) in [7, 11) is 5.05. The maximum atomic E-state index is 15.0. The lowest BCUT2D eigenvalue weighted by atomic mass is 10.0. The fraction of sp³-hybridized carbons (Fsp3) is 0.306. The Bertz CT molecular complexity index is 2050. The molecule has 0 unspecified atom stereocenters. The highest BCUT2D eigenvalue weighted by molar-refractivity contribution is 7.22. The predicted octanol–water partition coefficient (Wildman–Crippen LogP) is 5.25. The molecular formula is C36H37F2N5O4S. The molecule has 250 valence electrons. The molecule has 9 nitrogen and oxygen atoms in total. The minimum atomic E-state index is -0.820. The van der Waals surface area contributed by atoms with Crippen molar-refractivity contribution in [1.82, 2.24) is 23.9 Å². The molecule has 12 heteroatoms. The van der Waals surface area contributed by atoms with Crippen LogP contribution in [0.5, 0.6) is 0 Å². The third kappa shape index (κ3) is 7.50. The zero-order valence-corrected chi connectivity index (χ0v) is 28.2. The van der Waals surface area contributed by atoms with E-state index >= 15 is 0 Å². The second kappa shape index (κ2) is 15.0. The first-order valence-corrected chi connectivity index (χ1v) is 16.4. The van der Waals surface area contributed by atoms with Crippen molar-refractivity contribution in [2.45, 2.75) is 52.4 Å². The van der Waals surface area contributed by atoms with Gasteiger partial charge in [-0.05, 0) is 48.0 Å². The molecule has 0 radical (unpaired) electrons. The van der Waals surface area contributed by atoms with Crippen molar-refractivity contribution in [3.63, 3.8) is 0 Å². The van der Waals surface area contributed by atoms with Gasteiger partial charge in [0.1, 0.15) is 22.2 Å². The minimum Gasteiger partial charge on any atom is -0.349 e. The monoisotopic (exact) mass is 673 g/mol. The molecule has 3 aromatic heterocycles. The number of carbonyl (C=O) groups is 2. The summed E-state index contributed by atoms with van der Waals surface area (Å²) in [5.74, 6) is -1.81. The molecule has 2 aromatic carbocycles. The Kier molecular flexibility index (Phi) is 10.8. The average molecular weight is 674 g/mol. The van der Waals surface area contributed by atoms with Crippen molar-refractivity contribution in [1.29, 1.82) is 0 Å². The Morgan fingerprint density at radius 3 is 2.21 bits per heavy atom. The van der Waals surface area contributed by atoms with Crippen molar-refractivity contribution in [2.24, 2.45) is 0 Å². The number of nitrogens with zero attached hydrogens (tertiary/aromatic N) is 5. The molecule has 5 aromatic rings. The van der Waals surface area contributed by atoms with E-state index in [0.29, 0.717) is 29.8 Å². The van der Waals surface area contributed by atoms with Gasteiger partial charge in [0, 0.05) is 69.6 Å². The number of halogens is 2. The largest absolute Gasteiger partial charge is 0.349 e. The molecule has 1 amide bonds. The summed E-state index contributed by atoms with van der Waals surface area (Å²) in [6, 6.07) is 16.6. The smallest absolute Gasteiger partial charge is 0.332 e. The van der Waals surface area contributed by atoms with Crippen molar-refractivity contribution in [3.8, 4) is 10.4 Å². The molecule has 3 heterocycles. The van der Waals surface area contributed by atoms with Crippen LogP contribution in [0.4, 0.5) is 8.78 Å². The fourth-order valence-corrected chi connectivity index (χ4v) is 6.83. The predicted molar refractivity (Wildman–Crippen MR) is 183 cm³/mol. The minimum absolute atomic E-state index is 0.110. The quantitative estimate of drug-likeness (QED) is 0.170. The van der Waals surface area contributed by atoms with E-state index in [-0.39, 0.29) is 47.0 Å². The van der Waals surface area contributed by atoms with E-state index in [9.17, 15) is 28.0 Å². The lowest BCUT2D eigenvalue weighted by molar-refractivity contribution is -0.129. The number of rotatable bonds is 13. The second-order valence-electron chi connectivity index (χ2n) is 11.9. The van der Waals surface area contributed by atoms with Gasteiger partial charge in [-0.2, -0.15) is 0 Å². The van der Waals surface area contributed by atoms with Gasteiger partial charge in [0.25, 0.3) is 5.56 Å². The topological polar surface area (TPSA) is 97.5 Å². The Balaban J connectivity index is 1.74. The van der Waals surface area contributed by atoms with Gasteiger partial charge in [-0.1, -0.05) is 43.3 Å². The third-order valence-corrected chi connectivity index (χ3v) is 9.48. The van der Waals surface area contributed by atoms with Gasteiger partial charge in [-0.15, -0.1) is 11.3 Å². The van der Waals surface area contributed by atoms with Gasteiger partial charge in [0.05, 0.1) is 17.6 Å². The van der Waals surface area contributed by atoms with Gasteiger partial charge in [0.15, 0.2) is 0 Å². The molecule has 0 aliphatic rings. The van der Waals surface area contributed by atoms with Crippen LogP contribution in [0.2, 0.25) is 0 Å². The molecule has 0 N–H and O–H groups in total. The highest BCUT2D eigenvalue weighted by Gasteiger charge is 2.25. The van der Waals surface area contributed by atoms with Crippen LogP contribution in [0.25, 0.3) is 20.7 Å². The molecule has 48 heavy (non-hydrogen) atoms. The Morgan fingerprint density at radius 1 is 0.875 bits per heavy atom. The van der Waals surface area contributed by atoms with E-state index in [1.54, 1.807) is 20.3 Å². The normalized spacial score (nSPS) is 11.4. The Labute approximate surface area is 280 Å². The maximum Gasteiger partial charge on any atom is 0.332 e. The summed E-state index contributed by atoms with van der Waals surface area (Å²) in [6.07, 6.45) is 2.31. The van der Waals surface area contributed by atoms with Gasteiger partial charge < -0.3 is 4.90 Å². The molecule has 0 bridgehead atoms. The first-order valence-electron chi connectivity index (χ1n) is 15.6. The molecular weight excluding hydrogens is 636 g/mol. The molecule has 0 spiro atoms. The van der Waals surface area contributed by atoms with Crippen molar-refractivity contribution < 1.29 is 18.4 Å². The highest BCUT2D eigenvalue weighted by atomic mass is 32.1. The van der Waals surface area contributed by atoms with Crippen molar-refractivity contribution in [2.75, 3.05) is 21.1 Å². The second-order valence-corrected chi connectivity index (χ2v) is 12.9. The van der Waals surface area contributed by atoms with Crippen LogP contribution in [-0.4, -0.2) is 56.8 Å². The first kappa shape index (κ1) is 34.5. The number of pyridine rings is 1. The summed E-state index contributed by atoms with van der Waals surface area (Å²) in [4.78, 5) is 61.7. The third-order valence-electron chi connectivity index (χ3n) is 8.18. The van der Waals surface area contributed by atoms with Crippen molar-refractivity contribution in [3.05, 3.63) is 122 Å². The molecule has 5 rings (SSSR count). The molecule has 0 atom stereocenters. The first-order chi connectivity index (χ1) is 23.0. The van der Waals surface area contributed by atoms with Crippen molar-refractivity contribution >= 4 is 33.2 Å². The van der Waals surface area contributed by atoms with E-state index in [4.69, 9.17) is 0 Å². The van der Waals surface area contributed by atoms with Crippen LogP contribution in [0.1, 0.15) is 42.1 Å². The number of thiophene rings is 1. The zero-order chi connectivity index (χ0) is 34.5. The summed E-state index contributed by atoms with van der Waals surface area (Å²) >= 11 is 1.19. The molecule has 0 fully saturated rings. The number of hydrogen-bond acceptors (Lipinski definition) is 7. The number of amides is 1. The average Bonchev–Trinajstić information content (AvgIpc) is 3.43. The zero-order valence-electron chi connectivity index (χ0n) is 27.3. The van der Waals surface area contributed by atoms with E-state index in [1.165, 1.54) is 26.9 Å². The van der Waals surface area contributed by atoms with E-state index in [1.807, 2.05) is 61.3 Å². The van der Waals surface area contributed by atoms with Crippen LogP contribution in [0.15, 0.2) is 76.4 Å². The Hall–Kier alpha value is -4.81. The summed E-state index contributed by atoms with van der Waals surface area (Å²) in [5.41, 5.74) is 1.39. The number of carbonyl (C=O) groups excluding carboxylic acids is 2. The van der Waals surface area contributed by atoms with E-state index < -0.39 is 29.4 Å². The lowest BCUT2D eigenvalue weighted by Gasteiger charge is -2.18. The number of Topliss-reactive ketones (excluding diaryl/α,β-unsaturated/α-hetero) is 1. The number of ketones is 1. The maximum absolute atomic E-state index is 15.0. The number of hydrogen-bond donors (Lipinski definition) is 0. The van der Waals surface area contributed by atoms with Crippen LogP contribution in [0.3, 0.4) is 0 Å². The van der Waals surface area contributed by atoms with E-state index in [0.717, 1.165) is 33.5 Å². The van der Waals surface area contributed by atoms with Crippen LogP contribution >= 0.6 is 11.3 Å². The van der Waals surface area contributed by atoms with Gasteiger partial charge in [0.2, 0.25) is 5.91 Å². The summed E-state index contributed by atoms with van der Waals surface area (Å²) < 4.78 is 32.1. The van der Waals surface area contributed by atoms with Gasteiger partial charge in [-0.25, -0.2) is 13.6 Å². The van der Waals surface area contributed by atoms with Gasteiger partial charge in [-0.3, -0.25) is 33.4 Å². The summed E-state index contributed by atoms with van der Waals surface area (Å²) in [5, 5.41) is 0.238. The number of aromatic nitrogens is 3. The molecule has 0 aliphatic heterocycles. The van der Waals surface area contributed by atoms with Crippen LogP contribution in [0, 0.1) is 11.6 Å². The van der Waals surface area contributed by atoms with Crippen LogP contribution < -0.4 is 11.2 Å². The number of benzene rings is 2. The lowest BCUT2D eigenvalue weighted by Crippen LogP contribution is -2.41. The standard InChI is InChI=1S/C36H37F2N5O4S/c1-5-26(44)19-23-12-14-24(15-13-23)33-28(21-41(4)20-25-9-6-7-17-39-25)32-34(46)42(18-16-31(45)40(2)3)36(47)43(35(32)48-33)22-27-29(37)10-8-11-30(27)38/h6-15,17H,5,16,18-22H2,1-4H3. The van der Waals surface area contributed by atoms with Crippen LogP contribution in [-0.2, 0) is 42.2 Å². The fourth-order valence-electron chi connectivity index (χ4n) is 5.53. The highest BCUT2D eigenvalue weighted by Crippen LogP contribution is 2.38.